The molecule has 1 heterocycles. The number of halogens is 1. The van der Waals surface area contributed by atoms with Gasteiger partial charge in [-0.25, -0.2) is 14.8 Å². The average molecular weight is 439 g/mol. The van der Waals surface area contributed by atoms with Gasteiger partial charge in [0.2, 0.25) is 0 Å². The zero-order valence-electron chi connectivity index (χ0n) is 18.2. The van der Waals surface area contributed by atoms with Crippen molar-refractivity contribution in [2.75, 3.05) is 18.4 Å². The molecule has 0 saturated heterocycles. The molecule has 2 aromatic carbocycles. The van der Waals surface area contributed by atoms with Crippen LogP contribution in [0, 0.1) is 6.92 Å². The van der Waals surface area contributed by atoms with Gasteiger partial charge in [-0.1, -0.05) is 41.4 Å². The molecule has 0 aliphatic carbocycles. The van der Waals surface area contributed by atoms with Crippen LogP contribution in [0.5, 0.6) is 0 Å². The van der Waals surface area contributed by atoms with Crippen molar-refractivity contribution in [3.8, 4) is 0 Å². The number of aryl methyl sites for hydroxylation is 1. The highest BCUT2D eigenvalue weighted by molar-refractivity contribution is 6.30. The highest BCUT2D eigenvalue weighted by atomic mass is 35.5. The van der Waals surface area contributed by atoms with E-state index in [1.165, 1.54) is 0 Å². The smallest absolute Gasteiger partial charge is 0.407 e. The summed E-state index contributed by atoms with van der Waals surface area (Å²) in [6.45, 7) is 8.43. The molecule has 31 heavy (non-hydrogen) atoms. The maximum Gasteiger partial charge on any atom is 0.407 e. The lowest BCUT2D eigenvalue weighted by molar-refractivity contribution is 0.0530. The number of amides is 1. The minimum absolute atomic E-state index is 0.405. The van der Waals surface area contributed by atoms with Gasteiger partial charge in [0.15, 0.2) is 5.82 Å². The summed E-state index contributed by atoms with van der Waals surface area (Å²) >= 11 is 5.95. The van der Waals surface area contributed by atoms with Gasteiger partial charge >= 0.3 is 6.09 Å². The molecule has 1 aromatic heterocycles. The van der Waals surface area contributed by atoms with E-state index in [2.05, 4.69) is 20.6 Å². The normalized spacial score (nSPS) is 11.6. The van der Waals surface area contributed by atoms with Crippen molar-refractivity contribution in [3.63, 3.8) is 0 Å². The molecule has 6 nitrogen and oxygen atoms in total. The zero-order chi connectivity index (χ0) is 22.4. The first-order valence-corrected chi connectivity index (χ1v) is 10.5. The molecule has 162 valence electrons. The molecule has 0 unspecified atom stereocenters. The third kappa shape index (κ3) is 6.96. The number of alkyl carbamates (subject to hydrolysis) is 1. The van der Waals surface area contributed by atoms with E-state index in [4.69, 9.17) is 16.3 Å². The van der Waals surface area contributed by atoms with E-state index in [1.54, 1.807) is 0 Å². The summed E-state index contributed by atoms with van der Waals surface area (Å²) in [5, 5.41) is 7.68. The number of anilines is 1. The lowest BCUT2D eigenvalue weighted by Gasteiger charge is -2.19. The standard InChI is InChI=1S/C24H27ClN4O2/c1-16-5-11-20-19(15-16)22(26-13-14-27-23(30)31-24(2,3)4)29-21(28-20)12-8-17-6-9-18(25)10-7-17/h5-12,15H,13-14H2,1-4H3,(H,27,30)(H,26,28,29)/b12-8+. The topological polar surface area (TPSA) is 76.1 Å². The molecular weight excluding hydrogens is 412 g/mol. The van der Waals surface area contributed by atoms with Gasteiger partial charge in [0.1, 0.15) is 11.4 Å². The van der Waals surface area contributed by atoms with Crippen molar-refractivity contribution in [1.82, 2.24) is 15.3 Å². The number of nitrogens with one attached hydrogen (secondary N) is 2. The van der Waals surface area contributed by atoms with Crippen molar-refractivity contribution < 1.29 is 9.53 Å². The summed E-state index contributed by atoms with van der Waals surface area (Å²) in [5.41, 5.74) is 2.45. The number of aromatic nitrogens is 2. The van der Waals surface area contributed by atoms with Crippen LogP contribution in [-0.2, 0) is 4.74 Å². The van der Waals surface area contributed by atoms with Crippen LogP contribution in [0.2, 0.25) is 5.02 Å². The molecule has 7 heteroatoms. The summed E-state index contributed by atoms with van der Waals surface area (Å²) in [6.07, 6.45) is 3.37. The van der Waals surface area contributed by atoms with Crippen LogP contribution < -0.4 is 10.6 Å². The number of carbonyl (C=O) groups is 1. The van der Waals surface area contributed by atoms with Crippen molar-refractivity contribution >= 4 is 46.6 Å². The fourth-order valence-corrected chi connectivity index (χ4v) is 3.00. The third-order valence-electron chi connectivity index (χ3n) is 4.25. The first-order valence-electron chi connectivity index (χ1n) is 10.1. The molecule has 3 rings (SSSR count). The number of nitrogens with zero attached hydrogens (tertiary/aromatic N) is 2. The highest BCUT2D eigenvalue weighted by Crippen LogP contribution is 2.22. The first-order chi connectivity index (χ1) is 14.7. The number of fused-ring (bicyclic) bond motifs is 1. The van der Waals surface area contributed by atoms with Gasteiger partial charge in [-0.05, 0) is 63.6 Å². The van der Waals surface area contributed by atoms with E-state index in [9.17, 15) is 4.79 Å². The van der Waals surface area contributed by atoms with E-state index >= 15 is 0 Å². The summed E-state index contributed by atoms with van der Waals surface area (Å²) in [5.74, 6) is 1.31. The second kappa shape index (κ2) is 9.79. The Kier molecular flexibility index (Phi) is 7.13. The van der Waals surface area contributed by atoms with Gasteiger partial charge in [-0.3, -0.25) is 0 Å². The van der Waals surface area contributed by atoms with Gasteiger partial charge in [-0.2, -0.15) is 0 Å². The number of benzene rings is 2. The molecule has 0 aliphatic rings. The molecule has 0 spiro atoms. The lowest BCUT2D eigenvalue weighted by atomic mass is 10.1. The Hall–Kier alpha value is -3.12. The fraction of sp³-hybridized carbons (Fsp3) is 0.292. The minimum atomic E-state index is -0.525. The van der Waals surface area contributed by atoms with Crippen LogP contribution in [0.4, 0.5) is 10.6 Å². The van der Waals surface area contributed by atoms with Gasteiger partial charge in [0.05, 0.1) is 5.52 Å². The van der Waals surface area contributed by atoms with Gasteiger partial charge in [0.25, 0.3) is 0 Å². The quantitative estimate of drug-likeness (QED) is 0.483. The number of carbonyl (C=O) groups excluding carboxylic acids is 1. The van der Waals surface area contributed by atoms with Crippen LogP contribution in [0.3, 0.4) is 0 Å². The molecule has 0 aliphatic heterocycles. The van der Waals surface area contributed by atoms with Crippen molar-refractivity contribution in [2.45, 2.75) is 33.3 Å². The van der Waals surface area contributed by atoms with Crippen molar-refractivity contribution in [1.29, 1.82) is 0 Å². The molecule has 0 atom stereocenters. The van der Waals surface area contributed by atoms with Crippen LogP contribution >= 0.6 is 11.6 Å². The second-order valence-electron chi connectivity index (χ2n) is 8.19. The fourth-order valence-electron chi connectivity index (χ4n) is 2.87. The van der Waals surface area contributed by atoms with Crippen LogP contribution in [0.25, 0.3) is 23.1 Å². The third-order valence-corrected chi connectivity index (χ3v) is 4.50. The van der Waals surface area contributed by atoms with Crippen LogP contribution in [0.15, 0.2) is 42.5 Å². The first kappa shape index (κ1) is 22.6. The SMILES string of the molecule is Cc1ccc2nc(/C=C/c3ccc(Cl)cc3)nc(NCCNC(=O)OC(C)(C)C)c2c1. The van der Waals surface area contributed by atoms with Crippen LogP contribution in [-0.4, -0.2) is 34.8 Å². The second-order valence-corrected chi connectivity index (χ2v) is 8.63. The maximum absolute atomic E-state index is 11.8. The maximum atomic E-state index is 11.8. The minimum Gasteiger partial charge on any atom is -0.444 e. The Morgan fingerprint density at radius 3 is 2.52 bits per heavy atom. The van der Waals surface area contributed by atoms with E-state index in [-0.39, 0.29) is 0 Å². The van der Waals surface area contributed by atoms with Gasteiger partial charge in [0, 0.05) is 23.5 Å². The zero-order valence-corrected chi connectivity index (χ0v) is 19.0. The summed E-state index contributed by atoms with van der Waals surface area (Å²) in [7, 11) is 0. The molecule has 0 bridgehead atoms. The predicted molar refractivity (Wildman–Crippen MR) is 127 cm³/mol. The molecule has 0 saturated carbocycles. The van der Waals surface area contributed by atoms with Crippen LogP contribution in [0.1, 0.15) is 37.7 Å². The summed E-state index contributed by atoms with van der Waals surface area (Å²) in [6, 6.07) is 13.6. The van der Waals surface area contributed by atoms with Crippen molar-refractivity contribution in [3.05, 3.63) is 64.4 Å². The number of hydrogen-bond donors (Lipinski definition) is 2. The number of ether oxygens (including phenoxy) is 1. The highest BCUT2D eigenvalue weighted by Gasteiger charge is 2.15. The number of hydrogen-bond acceptors (Lipinski definition) is 5. The molecule has 3 aromatic rings. The largest absolute Gasteiger partial charge is 0.444 e. The predicted octanol–water partition coefficient (Wildman–Crippen LogP) is 5.70. The molecular formula is C24H27ClN4O2. The Labute approximate surface area is 187 Å². The van der Waals surface area contributed by atoms with Gasteiger partial charge in [-0.15, -0.1) is 0 Å². The summed E-state index contributed by atoms with van der Waals surface area (Å²) < 4.78 is 5.26. The molecule has 2 N–H and O–H groups in total. The van der Waals surface area contributed by atoms with E-state index in [0.717, 1.165) is 27.8 Å². The summed E-state index contributed by atoms with van der Waals surface area (Å²) in [4.78, 5) is 21.1. The van der Waals surface area contributed by atoms with Gasteiger partial charge < -0.3 is 15.4 Å². The molecule has 0 fully saturated rings. The Morgan fingerprint density at radius 2 is 1.81 bits per heavy atom. The molecule has 0 radical (unpaired) electrons. The Morgan fingerprint density at radius 1 is 1.06 bits per heavy atom. The van der Waals surface area contributed by atoms with E-state index < -0.39 is 11.7 Å². The van der Waals surface area contributed by atoms with E-state index in [0.29, 0.717) is 23.9 Å². The lowest BCUT2D eigenvalue weighted by Crippen LogP contribution is -2.35. The average Bonchev–Trinajstić information content (AvgIpc) is 2.69. The molecule has 1 amide bonds. The Balaban J connectivity index is 1.74. The van der Waals surface area contributed by atoms with Crippen molar-refractivity contribution in [2.24, 2.45) is 0 Å². The van der Waals surface area contributed by atoms with E-state index in [1.807, 2.05) is 82.3 Å². The Bertz CT molecular complexity index is 1090. The monoisotopic (exact) mass is 438 g/mol. The number of rotatable bonds is 6.